The van der Waals surface area contributed by atoms with Gasteiger partial charge in [-0.3, -0.25) is 0 Å². The summed E-state index contributed by atoms with van der Waals surface area (Å²) in [4.78, 5) is 11.7. The molecule has 3 rings (SSSR count). The van der Waals surface area contributed by atoms with Gasteiger partial charge in [-0.2, -0.15) is 0 Å². The Morgan fingerprint density at radius 2 is 1.78 bits per heavy atom. The van der Waals surface area contributed by atoms with Crippen LogP contribution in [-0.4, -0.2) is 11.1 Å². The van der Waals surface area contributed by atoms with Gasteiger partial charge in [0.25, 0.3) is 0 Å². The lowest BCUT2D eigenvalue weighted by Gasteiger charge is -2.14. The van der Waals surface area contributed by atoms with Crippen LogP contribution in [0.4, 0.5) is 5.69 Å². The second kappa shape index (κ2) is 9.50. The maximum Gasteiger partial charge on any atom is 0.334 e. The molecule has 2 heterocycles. The monoisotopic (exact) mass is 443 g/mol. The fourth-order valence-electron chi connectivity index (χ4n) is 2.28. The molecule has 9 heteroatoms. The van der Waals surface area contributed by atoms with Crippen LogP contribution in [0.15, 0.2) is 57.6 Å². The van der Waals surface area contributed by atoms with Gasteiger partial charge in [0.2, 0.25) is 0 Å². The summed E-state index contributed by atoms with van der Waals surface area (Å²) in [5.41, 5.74) is 0.501. The van der Waals surface area contributed by atoms with E-state index in [9.17, 15) is 9.90 Å². The van der Waals surface area contributed by atoms with Crippen molar-refractivity contribution in [2.45, 2.75) is 17.5 Å². The topological polar surface area (TPSA) is 75.6 Å². The number of benzene rings is 1. The Morgan fingerprint density at radius 1 is 1.07 bits per heavy atom. The SMILES string of the molecule is O=C(O)C(Nc1cc(Cl)cc(Cl)c1)c1ccc(CSSCc2ccco2)o1. The Labute approximate surface area is 173 Å². The molecule has 3 aromatic rings. The number of carboxylic acids is 1. The minimum absolute atomic E-state index is 0.310. The standard InChI is InChI=1S/C18H15Cl2NO4S2/c19-11-6-12(20)8-13(7-11)21-17(18(22)23)16-4-3-15(25-16)10-27-26-9-14-2-1-5-24-14/h1-8,17,21H,9-10H2,(H,22,23). The molecule has 0 aliphatic heterocycles. The summed E-state index contributed by atoms with van der Waals surface area (Å²) in [7, 11) is 3.24. The van der Waals surface area contributed by atoms with Crippen LogP contribution in [0, 0.1) is 0 Å². The van der Waals surface area contributed by atoms with Gasteiger partial charge in [-0.1, -0.05) is 44.8 Å². The first-order valence-corrected chi connectivity index (χ1v) is 11.1. The van der Waals surface area contributed by atoms with Crippen LogP contribution in [0.2, 0.25) is 10.0 Å². The highest BCUT2D eigenvalue weighted by Crippen LogP contribution is 2.32. The highest BCUT2D eigenvalue weighted by Gasteiger charge is 2.23. The van der Waals surface area contributed by atoms with Crippen molar-refractivity contribution in [3.8, 4) is 0 Å². The molecular formula is C18H15Cl2NO4S2. The molecule has 142 valence electrons. The van der Waals surface area contributed by atoms with E-state index in [1.807, 2.05) is 12.1 Å². The highest BCUT2D eigenvalue weighted by molar-refractivity contribution is 8.76. The zero-order chi connectivity index (χ0) is 19.2. The molecule has 0 aliphatic rings. The summed E-state index contributed by atoms with van der Waals surface area (Å²) in [6, 6.07) is 10.9. The number of nitrogens with one attached hydrogen (secondary N) is 1. The first-order chi connectivity index (χ1) is 13.0. The van der Waals surface area contributed by atoms with E-state index in [1.54, 1.807) is 58.2 Å². The molecule has 5 nitrogen and oxygen atoms in total. The molecule has 0 spiro atoms. The fourth-order valence-corrected chi connectivity index (χ4v) is 4.72. The average Bonchev–Trinajstić information content (AvgIpc) is 3.27. The Morgan fingerprint density at radius 3 is 2.41 bits per heavy atom. The molecule has 27 heavy (non-hydrogen) atoms. The molecule has 2 aromatic heterocycles. The molecule has 0 aliphatic carbocycles. The quantitative estimate of drug-likeness (QED) is 0.288. The number of hydrogen-bond donors (Lipinski definition) is 2. The van der Waals surface area contributed by atoms with Crippen LogP contribution in [0.25, 0.3) is 0 Å². The van der Waals surface area contributed by atoms with Crippen LogP contribution < -0.4 is 5.32 Å². The first kappa shape index (κ1) is 20.1. The molecule has 2 N–H and O–H groups in total. The Hall–Kier alpha value is -1.67. The highest BCUT2D eigenvalue weighted by atomic mass is 35.5. The largest absolute Gasteiger partial charge is 0.479 e. The van der Waals surface area contributed by atoms with Gasteiger partial charge in [0.15, 0.2) is 6.04 Å². The van der Waals surface area contributed by atoms with Gasteiger partial charge < -0.3 is 19.3 Å². The minimum atomic E-state index is -1.06. The third kappa shape index (κ3) is 5.90. The second-order valence-electron chi connectivity index (χ2n) is 5.48. The summed E-state index contributed by atoms with van der Waals surface area (Å²) in [5.74, 6) is 2.21. The van der Waals surface area contributed by atoms with E-state index < -0.39 is 12.0 Å². The van der Waals surface area contributed by atoms with E-state index >= 15 is 0 Å². The zero-order valence-electron chi connectivity index (χ0n) is 13.9. The van der Waals surface area contributed by atoms with E-state index in [0.717, 1.165) is 11.5 Å². The van der Waals surface area contributed by atoms with Crippen molar-refractivity contribution in [2.24, 2.45) is 0 Å². The lowest BCUT2D eigenvalue weighted by atomic mass is 10.2. The average molecular weight is 444 g/mol. The summed E-state index contributed by atoms with van der Waals surface area (Å²) in [6.07, 6.45) is 1.64. The molecule has 0 radical (unpaired) electrons. The van der Waals surface area contributed by atoms with Gasteiger partial charge in [0, 0.05) is 15.7 Å². The summed E-state index contributed by atoms with van der Waals surface area (Å²) < 4.78 is 11.0. The van der Waals surface area contributed by atoms with Crippen molar-refractivity contribution in [1.29, 1.82) is 0 Å². The third-order valence-electron chi connectivity index (χ3n) is 3.45. The molecular weight excluding hydrogens is 429 g/mol. The predicted molar refractivity (Wildman–Crippen MR) is 110 cm³/mol. The summed E-state index contributed by atoms with van der Waals surface area (Å²) in [5, 5.41) is 13.3. The van der Waals surface area contributed by atoms with Gasteiger partial charge in [-0.05, 0) is 42.5 Å². The number of carboxylic acid groups (broad SMARTS) is 1. The number of anilines is 1. The van der Waals surface area contributed by atoms with Crippen molar-refractivity contribution in [3.63, 3.8) is 0 Å². The third-order valence-corrected chi connectivity index (χ3v) is 6.07. The Kier molecular flexibility index (Phi) is 7.07. The molecule has 0 saturated carbocycles. The van der Waals surface area contributed by atoms with Crippen molar-refractivity contribution in [2.75, 3.05) is 5.32 Å². The maximum atomic E-state index is 11.7. The number of carbonyl (C=O) groups is 1. The predicted octanol–water partition coefficient (Wildman–Crippen LogP) is 6.50. The van der Waals surface area contributed by atoms with Crippen LogP contribution in [0.1, 0.15) is 23.3 Å². The number of hydrogen-bond acceptors (Lipinski definition) is 6. The summed E-state index contributed by atoms with van der Waals surface area (Å²) in [6.45, 7) is 0. The second-order valence-corrected chi connectivity index (χ2v) is 8.82. The molecule has 0 bridgehead atoms. The lowest BCUT2D eigenvalue weighted by molar-refractivity contribution is -0.138. The van der Waals surface area contributed by atoms with Gasteiger partial charge in [-0.15, -0.1) is 0 Å². The number of aliphatic carboxylic acids is 1. The van der Waals surface area contributed by atoms with Gasteiger partial charge in [0.05, 0.1) is 17.8 Å². The van der Waals surface area contributed by atoms with E-state index in [2.05, 4.69) is 5.32 Å². The maximum absolute atomic E-state index is 11.7. The lowest BCUT2D eigenvalue weighted by Crippen LogP contribution is -2.19. The van der Waals surface area contributed by atoms with Crippen LogP contribution in [-0.2, 0) is 16.3 Å². The fraction of sp³-hybridized carbons (Fsp3) is 0.167. The van der Waals surface area contributed by atoms with E-state index in [1.165, 1.54) is 0 Å². The summed E-state index contributed by atoms with van der Waals surface area (Å²) >= 11 is 11.9. The normalized spacial score (nSPS) is 12.1. The smallest absolute Gasteiger partial charge is 0.334 e. The van der Waals surface area contributed by atoms with Crippen LogP contribution >= 0.6 is 44.8 Å². The number of rotatable bonds is 9. The molecule has 0 saturated heterocycles. The van der Waals surface area contributed by atoms with E-state index in [-0.39, 0.29) is 0 Å². The van der Waals surface area contributed by atoms with Crippen molar-refractivity contribution in [1.82, 2.24) is 0 Å². The molecule has 1 unspecified atom stereocenters. The van der Waals surface area contributed by atoms with E-state index in [0.29, 0.717) is 33.0 Å². The minimum Gasteiger partial charge on any atom is -0.479 e. The van der Waals surface area contributed by atoms with Gasteiger partial charge >= 0.3 is 5.97 Å². The zero-order valence-corrected chi connectivity index (χ0v) is 17.0. The molecule has 0 fully saturated rings. The Bertz CT molecular complexity index is 878. The number of furan rings is 2. The van der Waals surface area contributed by atoms with Gasteiger partial charge in [0.1, 0.15) is 17.3 Å². The van der Waals surface area contributed by atoms with Crippen LogP contribution in [0.5, 0.6) is 0 Å². The van der Waals surface area contributed by atoms with Crippen LogP contribution in [0.3, 0.4) is 0 Å². The first-order valence-electron chi connectivity index (χ1n) is 7.82. The molecule has 0 amide bonds. The van der Waals surface area contributed by atoms with Crippen molar-refractivity contribution < 1.29 is 18.7 Å². The Balaban J connectivity index is 1.60. The van der Waals surface area contributed by atoms with E-state index in [4.69, 9.17) is 32.0 Å². The molecule has 1 atom stereocenters. The number of halogens is 2. The molecule has 1 aromatic carbocycles. The van der Waals surface area contributed by atoms with Crippen molar-refractivity contribution in [3.05, 3.63) is 76.1 Å². The van der Waals surface area contributed by atoms with Gasteiger partial charge in [-0.25, -0.2) is 4.79 Å². The van der Waals surface area contributed by atoms with Crippen molar-refractivity contribution >= 4 is 56.4 Å².